The normalized spacial score (nSPS) is 13.7. The molecule has 338 valence electrons. The van der Waals surface area contributed by atoms with Crippen LogP contribution in [0.2, 0.25) is 0 Å². The topological polar surface area (TPSA) is 134 Å². The highest BCUT2D eigenvalue weighted by Gasteiger charge is 2.26. The Morgan fingerprint density at radius 1 is 0.517 bits per heavy atom. The SMILES string of the molecule is CCCCCCCCC/C=C/C/C=C/C/C=C/C/C=C/CCCC(=O)O[C@H](COC(=O)CCCCCCCCCCCCCCCCCC)COP(=O)(O)OCCN. The first-order chi connectivity index (χ1) is 28.3. The van der Waals surface area contributed by atoms with E-state index in [2.05, 4.69) is 56.4 Å². The van der Waals surface area contributed by atoms with E-state index in [4.69, 9.17) is 24.3 Å². The molecule has 3 N–H and O–H groups in total. The number of rotatable bonds is 44. The van der Waals surface area contributed by atoms with Gasteiger partial charge >= 0.3 is 19.8 Å². The van der Waals surface area contributed by atoms with Crippen molar-refractivity contribution in [2.45, 2.75) is 219 Å². The number of carbonyl (C=O) groups excluding carboxylic acids is 2. The second-order valence-electron chi connectivity index (χ2n) is 15.6. The second kappa shape index (κ2) is 44.5. The fourth-order valence-corrected chi connectivity index (χ4v) is 7.22. The lowest BCUT2D eigenvalue weighted by Gasteiger charge is -2.19. The summed E-state index contributed by atoms with van der Waals surface area (Å²) in [4.78, 5) is 34.9. The molecule has 0 aromatic carbocycles. The molecule has 0 aromatic rings. The Balaban J connectivity index is 4.20. The average Bonchev–Trinajstić information content (AvgIpc) is 3.21. The molecule has 0 heterocycles. The van der Waals surface area contributed by atoms with Crippen LogP contribution in [0, 0.1) is 0 Å². The van der Waals surface area contributed by atoms with Gasteiger partial charge in [0, 0.05) is 19.4 Å². The van der Waals surface area contributed by atoms with Gasteiger partial charge in [0.15, 0.2) is 6.10 Å². The van der Waals surface area contributed by atoms with E-state index in [1.54, 1.807) is 0 Å². The molecule has 9 nitrogen and oxygen atoms in total. The van der Waals surface area contributed by atoms with Crippen molar-refractivity contribution in [3.05, 3.63) is 48.6 Å². The predicted molar refractivity (Wildman–Crippen MR) is 243 cm³/mol. The van der Waals surface area contributed by atoms with Crippen LogP contribution < -0.4 is 5.73 Å². The highest BCUT2D eigenvalue weighted by molar-refractivity contribution is 7.47. The third-order valence-electron chi connectivity index (χ3n) is 9.97. The average molecular weight is 838 g/mol. The minimum Gasteiger partial charge on any atom is -0.462 e. The number of carbonyl (C=O) groups is 2. The fraction of sp³-hybridized carbons (Fsp3) is 0.792. The summed E-state index contributed by atoms with van der Waals surface area (Å²) in [5.74, 6) is -0.888. The number of phosphoric acid groups is 1. The van der Waals surface area contributed by atoms with E-state index < -0.39 is 32.5 Å². The summed E-state index contributed by atoms with van der Waals surface area (Å²) >= 11 is 0. The first kappa shape index (κ1) is 56.0. The monoisotopic (exact) mass is 838 g/mol. The van der Waals surface area contributed by atoms with E-state index in [1.165, 1.54) is 135 Å². The standard InChI is InChI=1S/C48H88NO8P/c1-3-5-7-9-11-13-15-17-19-21-22-23-24-25-27-29-31-33-35-37-39-41-48(51)57-46(45-56-58(52,53)55-43-42-49)44-54-47(50)40-38-36-34-32-30-28-26-20-18-16-14-12-10-8-6-4-2/h19,21,23-24,27,29,33,35,46H,3-18,20,22,25-26,28,30-32,34,36-45,49H2,1-2H3,(H,52,53)/b21-19+,24-23+,29-27+,35-33+/t46-/m1/s1. The summed E-state index contributed by atoms with van der Waals surface area (Å²) in [5.41, 5.74) is 5.35. The van der Waals surface area contributed by atoms with Crippen molar-refractivity contribution < 1.29 is 37.6 Å². The first-order valence-electron chi connectivity index (χ1n) is 23.6. The van der Waals surface area contributed by atoms with Crippen molar-refractivity contribution in [2.24, 2.45) is 5.73 Å². The molecule has 10 heteroatoms. The van der Waals surface area contributed by atoms with Gasteiger partial charge in [-0.15, -0.1) is 0 Å². The maximum atomic E-state index is 12.6. The van der Waals surface area contributed by atoms with Crippen LogP contribution in [0.15, 0.2) is 48.6 Å². The molecule has 0 saturated carbocycles. The molecule has 0 fully saturated rings. The Kier molecular flexibility index (Phi) is 43.0. The zero-order chi connectivity index (χ0) is 42.5. The minimum atomic E-state index is -4.39. The van der Waals surface area contributed by atoms with Gasteiger partial charge in [0.1, 0.15) is 6.61 Å². The molecule has 0 rings (SSSR count). The zero-order valence-electron chi connectivity index (χ0n) is 37.3. The molecule has 0 aliphatic rings. The number of esters is 2. The van der Waals surface area contributed by atoms with Crippen LogP contribution in [0.25, 0.3) is 0 Å². The van der Waals surface area contributed by atoms with Crippen LogP contribution in [-0.2, 0) is 32.7 Å². The summed E-state index contributed by atoms with van der Waals surface area (Å²) in [6.07, 6.45) is 51.5. The molecule has 0 saturated heterocycles. The summed E-state index contributed by atoms with van der Waals surface area (Å²) in [7, 11) is -4.39. The molecule has 0 spiro atoms. The first-order valence-corrected chi connectivity index (χ1v) is 25.1. The number of hydrogen-bond acceptors (Lipinski definition) is 8. The Labute approximate surface area is 356 Å². The van der Waals surface area contributed by atoms with Gasteiger partial charge in [-0.3, -0.25) is 18.6 Å². The summed E-state index contributed by atoms with van der Waals surface area (Å²) in [6.45, 7) is 3.69. The number of unbranched alkanes of at least 4 members (excludes halogenated alkanes) is 23. The van der Waals surface area contributed by atoms with E-state index >= 15 is 0 Å². The molecule has 0 aliphatic heterocycles. The number of nitrogens with two attached hydrogens (primary N) is 1. The van der Waals surface area contributed by atoms with E-state index in [0.717, 1.165) is 38.5 Å². The zero-order valence-corrected chi connectivity index (χ0v) is 38.2. The van der Waals surface area contributed by atoms with Crippen molar-refractivity contribution in [3.8, 4) is 0 Å². The van der Waals surface area contributed by atoms with Crippen LogP contribution in [0.1, 0.15) is 213 Å². The summed E-state index contributed by atoms with van der Waals surface area (Å²) in [5, 5.41) is 0. The number of ether oxygens (including phenoxy) is 2. The lowest BCUT2D eigenvalue weighted by molar-refractivity contribution is -0.161. The Bertz CT molecular complexity index is 1090. The van der Waals surface area contributed by atoms with Gasteiger partial charge in [-0.05, 0) is 51.4 Å². The smallest absolute Gasteiger partial charge is 0.462 e. The van der Waals surface area contributed by atoms with Gasteiger partial charge in [0.05, 0.1) is 13.2 Å². The third kappa shape index (κ3) is 43.5. The molecular formula is C48H88NO8P. The number of hydrogen-bond donors (Lipinski definition) is 2. The lowest BCUT2D eigenvalue weighted by atomic mass is 10.0. The van der Waals surface area contributed by atoms with Crippen molar-refractivity contribution in [1.29, 1.82) is 0 Å². The predicted octanol–water partition coefficient (Wildman–Crippen LogP) is 13.9. The Hall–Kier alpha value is -2.03. The molecule has 58 heavy (non-hydrogen) atoms. The summed E-state index contributed by atoms with van der Waals surface area (Å²) < 4.78 is 32.8. The van der Waals surface area contributed by atoms with Crippen molar-refractivity contribution in [3.63, 3.8) is 0 Å². The molecule has 1 unspecified atom stereocenters. The highest BCUT2D eigenvalue weighted by atomic mass is 31.2. The molecule has 0 amide bonds. The maximum Gasteiger partial charge on any atom is 0.472 e. The summed E-state index contributed by atoms with van der Waals surface area (Å²) in [6, 6.07) is 0. The largest absolute Gasteiger partial charge is 0.472 e. The van der Waals surface area contributed by atoms with Gasteiger partial charge in [-0.2, -0.15) is 0 Å². The van der Waals surface area contributed by atoms with Crippen LogP contribution in [0.4, 0.5) is 0 Å². The van der Waals surface area contributed by atoms with Crippen molar-refractivity contribution >= 4 is 19.8 Å². The van der Waals surface area contributed by atoms with Gasteiger partial charge in [-0.1, -0.05) is 197 Å². The second-order valence-corrected chi connectivity index (χ2v) is 17.1. The molecule has 0 aliphatic carbocycles. The molecule has 0 aromatic heterocycles. The highest BCUT2D eigenvalue weighted by Crippen LogP contribution is 2.43. The molecule has 2 atom stereocenters. The van der Waals surface area contributed by atoms with Crippen LogP contribution in [0.3, 0.4) is 0 Å². The van der Waals surface area contributed by atoms with Gasteiger partial charge in [0.25, 0.3) is 0 Å². The lowest BCUT2D eigenvalue weighted by Crippen LogP contribution is -2.29. The van der Waals surface area contributed by atoms with E-state index in [1.807, 2.05) is 6.08 Å². The maximum absolute atomic E-state index is 12.6. The number of allylic oxidation sites excluding steroid dienone is 8. The van der Waals surface area contributed by atoms with Crippen molar-refractivity contribution in [1.82, 2.24) is 0 Å². The molecule has 0 radical (unpaired) electrons. The van der Waals surface area contributed by atoms with Gasteiger partial charge < -0.3 is 20.1 Å². The van der Waals surface area contributed by atoms with Crippen LogP contribution in [0.5, 0.6) is 0 Å². The van der Waals surface area contributed by atoms with Gasteiger partial charge in [-0.25, -0.2) is 4.57 Å². The Morgan fingerprint density at radius 2 is 0.914 bits per heavy atom. The van der Waals surface area contributed by atoms with E-state index in [9.17, 15) is 19.0 Å². The Morgan fingerprint density at radius 3 is 1.38 bits per heavy atom. The fourth-order valence-electron chi connectivity index (χ4n) is 6.45. The number of phosphoric ester groups is 1. The van der Waals surface area contributed by atoms with Crippen LogP contribution in [-0.4, -0.2) is 49.3 Å². The third-order valence-corrected chi connectivity index (χ3v) is 11.0. The van der Waals surface area contributed by atoms with Crippen LogP contribution >= 0.6 is 7.82 Å². The molecule has 0 bridgehead atoms. The van der Waals surface area contributed by atoms with E-state index in [0.29, 0.717) is 12.8 Å². The molecular weight excluding hydrogens is 750 g/mol. The minimum absolute atomic E-state index is 0.0445. The van der Waals surface area contributed by atoms with Crippen molar-refractivity contribution in [2.75, 3.05) is 26.4 Å². The van der Waals surface area contributed by atoms with Gasteiger partial charge in [0.2, 0.25) is 0 Å². The quantitative estimate of drug-likeness (QED) is 0.0266. The van der Waals surface area contributed by atoms with E-state index in [-0.39, 0.29) is 32.6 Å².